The van der Waals surface area contributed by atoms with Crippen LogP contribution in [0.2, 0.25) is 0 Å². The molecule has 152 valence electrons. The summed E-state index contributed by atoms with van der Waals surface area (Å²) in [5.74, 6) is -1.64. The summed E-state index contributed by atoms with van der Waals surface area (Å²) < 4.78 is 0.794. The number of aromatic nitrogens is 3. The quantitative estimate of drug-likeness (QED) is 0.297. The lowest BCUT2D eigenvalue weighted by Gasteiger charge is -2.11. The summed E-state index contributed by atoms with van der Waals surface area (Å²) in [6, 6.07) is 9.42. The second-order valence-corrected chi connectivity index (χ2v) is 6.49. The number of benzene rings is 1. The van der Waals surface area contributed by atoms with E-state index in [9.17, 15) is 19.7 Å². The lowest BCUT2D eigenvalue weighted by atomic mass is 10.2. The molecule has 12 nitrogen and oxygen atoms in total. The van der Waals surface area contributed by atoms with Gasteiger partial charge in [-0.15, -0.1) is 0 Å². The van der Waals surface area contributed by atoms with Gasteiger partial charge in [0, 0.05) is 28.0 Å². The normalized spacial score (nSPS) is 10.0. The highest BCUT2D eigenvalue weighted by Crippen LogP contribution is 2.27. The van der Waals surface area contributed by atoms with E-state index >= 15 is 0 Å². The van der Waals surface area contributed by atoms with Crippen LogP contribution in [-0.4, -0.2) is 31.7 Å². The van der Waals surface area contributed by atoms with Gasteiger partial charge in [-0.1, -0.05) is 15.9 Å². The molecule has 0 aliphatic heterocycles. The van der Waals surface area contributed by atoms with Gasteiger partial charge in [-0.3, -0.25) is 46.4 Å². The monoisotopic (exact) mass is 472 g/mol. The van der Waals surface area contributed by atoms with Crippen molar-refractivity contribution in [2.45, 2.75) is 0 Å². The molecule has 0 radical (unpaired) electrons. The van der Waals surface area contributed by atoms with Crippen LogP contribution in [0, 0.1) is 10.1 Å². The largest absolute Gasteiger partial charge is 0.356 e. The number of nitrogens with zero attached hydrogens (tertiary/aromatic N) is 4. The van der Waals surface area contributed by atoms with E-state index in [-0.39, 0.29) is 17.2 Å². The highest BCUT2D eigenvalue weighted by atomic mass is 79.9. The third kappa shape index (κ3) is 5.02. The molecule has 0 aliphatic rings. The first-order valence-corrected chi connectivity index (χ1v) is 9.02. The summed E-state index contributed by atoms with van der Waals surface area (Å²) in [6.07, 6.45) is 3.89. The summed E-state index contributed by atoms with van der Waals surface area (Å²) in [4.78, 5) is 46.4. The molecule has 0 saturated heterocycles. The molecule has 3 aromatic rings. The minimum Gasteiger partial charge on any atom is -0.276 e. The van der Waals surface area contributed by atoms with Crippen molar-refractivity contribution in [1.29, 1.82) is 0 Å². The third-order valence-electron chi connectivity index (χ3n) is 3.64. The molecule has 1 aromatic carbocycles. The standard InChI is InChI=1S/C17H13BrN8O4/c18-12-3-1-10(2-4-12)16(27)24-22-14-13(26(29)30)15(21-9-20-14)23-25-17(28)11-5-7-19-8-6-11/h1-9H,(H,24,27)(H,25,28)(H2,20,21,22,23). The number of hydrazine groups is 2. The van der Waals surface area contributed by atoms with Gasteiger partial charge >= 0.3 is 5.69 Å². The zero-order valence-corrected chi connectivity index (χ0v) is 16.6. The molecule has 13 heteroatoms. The third-order valence-corrected chi connectivity index (χ3v) is 4.17. The van der Waals surface area contributed by atoms with Crippen molar-refractivity contribution in [1.82, 2.24) is 25.8 Å². The lowest BCUT2D eigenvalue weighted by Crippen LogP contribution is -2.32. The number of carbonyl (C=O) groups is 2. The van der Waals surface area contributed by atoms with Gasteiger partial charge in [-0.05, 0) is 36.4 Å². The Kier molecular flexibility index (Phi) is 6.44. The number of nitrogens with one attached hydrogen (secondary N) is 4. The minimum absolute atomic E-state index is 0.277. The van der Waals surface area contributed by atoms with Gasteiger partial charge in [0.05, 0.1) is 4.92 Å². The Hall–Kier alpha value is -4.13. The summed E-state index contributed by atoms with van der Waals surface area (Å²) in [5.41, 5.74) is 9.45. The number of anilines is 2. The predicted octanol–water partition coefficient (Wildman–Crippen LogP) is 2.06. The number of hydrogen-bond acceptors (Lipinski definition) is 9. The van der Waals surface area contributed by atoms with Crippen LogP contribution in [0.4, 0.5) is 17.3 Å². The van der Waals surface area contributed by atoms with Crippen molar-refractivity contribution in [2.24, 2.45) is 0 Å². The molecular formula is C17H13BrN8O4. The first kappa shape index (κ1) is 20.6. The fraction of sp³-hybridized carbons (Fsp3) is 0. The first-order valence-electron chi connectivity index (χ1n) is 8.23. The molecule has 0 fully saturated rings. The number of hydrogen-bond donors (Lipinski definition) is 4. The van der Waals surface area contributed by atoms with Gasteiger partial charge in [0.15, 0.2) is 0 Å². The maximum atomic E-state index is 12.2. The Morgan fingerprint density at radius 2 is 1.37 bits per heavy atom. The molecule has 3 rings (SSSR count). The molecule has 30 heavy (non-hydrogen) atoms. The van der Waals surface area contributed by atoms with E-state index in [4.69, 9.17) is 0 Å². The van der Waals surface area contributed by atoms with E-state index in [0.29, 0.717) is 5.56 Å². The number of amides is 2. The molecule has 2 heterocycles. The van der Waals surface area contributed by atoms with Crippen molar-refractivity contribution >= 4 is 45.1 Å². The summed E-state index contributed by atoms with van der Waals surface area (Å²) in [7, 11) is 0. The van der Waals surface area contributed by atoms with E-state index in [2.05, 4.69) is 52.6 Å². The van der Waals surface area contributed by atoms with Crippen molar-refractivity contribution in [3.63, 3.8) is 0 Å². The van der Waals surface area contributed by atoms with Crippen molar-refractivity contribution < 1.29 is 14.5 Å². The SMILES string of the molecule is O=C(NNc1ncnc(NNC(=O)c2ccc(Br)cc2)c1[N+](=O)[O-])c1ccncc1. The summed E-state index contributed by atoms with van der Waals surface area (Å²) >= 11 is 3.26. The number of halogens is 1. The van der Waals surface area contributed by atoms with Crippen LogP contribution >= 0.6 is 15.9 Å². The number of rotatable bonds is 7. The van der Waals surface area contributed by atoms with Crippen molar-refractivity contribution in [3.05, 3.63) is 80.8 Å². The molecule has 2 amide bonds. The molecule has 0 saturated carbocycles. The van der Waals surface area contributed by atoms with Crippen LogP contribution in [0.15, 0.2) is 59.6 Å². The lowest BCUT2D eigenvalue weighted by molar-refractivity contribution is -0.383. The summed E-state index contributed by atoms with van der Waals surface area (Å²) in [6.45, 7) is 0. The average molecular weight is 473 g/mol. The molecule has 0 aliphatic carbocycles. The minimum atomic E-state index is -0.755. The summed E-state index contributed by atoms with van der Waals surface area (Å²) in [5, 5.41) is 11.5. The molecule has 4 N–H and O–H groups in total. The Labute approximate surface area is 177 Å². The van der Waals surface area contributed by atoms with Crippen LogP contribution in [0.25, 0.3) is 0 Å². The molecule has 2 aromatic heterocycles. The fourth-order valence-corrected chi connectivity index (χ4v) is 2.48. The number of pyridine rings is 1. The van der Waals surface area contributed by atoms with E-state index < -0.39 is 22.4 Å². The van der Waals surface area contributed by atoms with E-state index in [1.54, 1.807) is 24.3 Å². The Morgan fingerprint density at radius 1 is 0.867 bits per heavy atom. The van der Waals surface area contributed by atoms with Crippen molar-refractivity contribution in [3.8, 4) is 0 Å². The first-order chi connectivity index (χ1) is 14.5. The predicted molar refractivity (Wildman–Crippen MR) is 109 cm³/mol. The Bertz CT molecular complexity index is 1080. The van der Waals surface area contributed by atoms with Crippen molar-refractivity contribution in [2.75, 3.05) is 10.9 Å². The van der Waals surface area contributed by atoms with Gasteiger partial charge in [0.2, 0.25) is 11.6 Å². The molecule has 0 bridgehead atoms. The van der Waals surface area contributed by atoms with Crippen LogP contribution in [0.1, 0.15) is 20.7 Å². The van der Waals surface area contributed by atoms with Crippen LogP contribution in [0.3, 0.4) is 0 Å². The molecule has 0 unspecified atom stereocenters. The van der Waals surface area contributed by atoms with Gasteiger partial charge in [0.25, 0.3) is 11.8 Å². The van der Waals surface area contributed by atoms with Gasteiger partial charge < -0.3 is 0 Å². The fourth-order valence-electron chi connectivity index (χ4n) is 2.22. The zero-order valence-electron chi connectivity index (χ0n) is 15.0. The number of nitro groups is 1. The number of carbonyl (C=O) groups excluding carboxylic acids is 2. The van der Waals surface area contributed by atoms with E-state index in [1.807, 2.05) is 0 Å². The second-order valence-electron chi connectivity index (χ2n) is 5.58. The average Bonchev–Trinajstić information content (AvgIpc) is 2.76. The van der Waals surface area contributed by atoms with Gasteiger partial charge in [-0.25, -0.2) is 9.97 Å². The smallest absolute Gasteiger partial charge is 0.276 e. The topological polar surface area (TPSA) is 164 Å². The van der Waals surface area contributed by atoms with Gasteiger partial charge in [-0.2, -0.15) is 0 Å². The van der Waals surface area contributed by atoms with E-state index in [1.165, 1.54) is 24.5 Å². The Balaban J connectivity index is 1.72. The molecular weight excluding hydrogens is 460 g/mol. The molecule has 0 spiro atoms. The Morgan fingerprint density at radius 3 is 1.87 bits per heavy atom. The highest BCUT2D eigenvalue weighted by molar-refractivity contribution is 9.10. The maximum Gasteiger partial charge on any atom is 0.356 e. The molecule has 0 atom stereocenters. The highest BCUT2D eigenvalue weighted by Gasteiger charge is 2.24. The van der Waals surface area contributed by atoms with E-state index in [0.717, 1.165) is 10.8 Å². The van der Waals surface area contributed by atoms with Crippen LogP contribution in [0.5, 0.6) is 0 Å². The maximum absolute atomic E-state index is 12.2. The van der Waals surface area contributed by atoms with Gasteiger partial charge in [0.1, 0.15) is 6.33 Å². The zero-order chi connectivity index (χ0) is 21.5. The van der Waals surface area contributed by atoms with Crippen LogP contribution in [-0.2, 0) is 0 Å². The second kappa shape index (κ2) is 9.38. The van der Waals surface area contributed by atoms with Crippen LogP contribution < -0.4 is 21.7 Å².